The number of hydrogen-bond donors (Lipinski definition) is 1. The van der Waals surface area contributed by atoms with Crippen LogP contribution in [0.25, 0.3) is 10.4 Å². The number of carboxylic acids is 1. The van der Waals surface area contributed by atoms with E-state index in [2.05, 4.69) is 15.1 Å². The minimum atomic E-state index is -1.24. The Bertz CT molecular complexity index is 759. The Hall–Kier alpha value is -3.32. The van der Waals surface area contributed by atoms with E-state index in [0.29, 0.717) is 5.75 Å². The summed E-state index contributed by atoms with van der Waals surface area (Å²) in [6, 6.07) is 8.03. The maximum absolute atomic E-state index is 11.5. The summed E-state index contributed by atoms with van der Waals surface area (Å²) in [6.45, 7) is 0.148. The lowest BCUT2D eigenvalue weighted by molar-refractivity contribution is 0.0683. The fourth-order valence-electron chi connectivity index (χ4n) is 1.81. The third kappa shape index (κ3) is 3.22. The number of carbonyl (C=O) groups is 2. The molecule has 0 spiro atoms. The molecular weight excluding hydrogens is 290 g/mol. The molecule has 9 nitrogen and oxygen atoms in total. The summed E-state index contributed by atoms with van der Waals surface area (Å²) in [5.74, 6) is -1.50. The molecule has 0 unspecified atom stereocenters. The maximum atomic E-state index is 11.5. The number of aromatic carboxylic acids is 1. The molecule has 112 valence electrons. The molecule has 1 aromatic heterocycles. The fraction of sp³-hybridized carbons (Fsp3) is 0.154. The third-order valence-electron chi connectivity index (χ3n) is 2.85. The minimum Gasteiger partial charge on any atom is -0.497 e. The van der Waals surface area contributed by atoms with Crippen molar-refractivity contribution in [3.63, 3.8) is 0 Å². The zero-order valence-corrected chi connectivity index (χ0v) is 11.5. The van der Waals surface area contributed by atoms with Crippen LogP contribution in [0.3, 0.4) is 0 Å². The third-order valence-corrected chi connectivity index (χ3v) is 2.85. The van der Waals surface area contributed by atoms with E-state index in [-0.39, 0.29) is 17.9 Å². The lowest BCUT2D eigenvalue weighted by Crippen LogP contribution is -2.11. The highest BCUT2D eigenvalue weighted by Gasteiger charge is 2.18. The lowest BCUT2D eigenvalue weighted by atomic mass is 10.2. The molecule has 0 saturated heterocycles. The smallest absolute Gasteiger partial charge is 0.354 e. The van der Waals surface area contributed by atoms with Gasteiger partial charge in [-0.3, -0.25) is 9.48 Å². The molecule has 0 aliphatic rings. The average Bonchev–Trinajstić information content (AvgIpc) is 2.92. The topological polar surface area (TPSA) is 130 Å². The summed E-state index contributed by atoms with van der Waals surface area (Å²) in [6.07, 6.45) is 0. The number of nitrogens with zero attached hydrogens (tertiary/aromatic N) is 5. The van der Waals surface area contributed by atoms with Crippen molar-refractivity contribution >= 4 is 11.9 Å². The van der Waals surface area contributed by atoms with Gasteiger partial charge < -0.3 is 9.84 Å². The minimum absolute atomic E-state index is 0.148. The molecule has 0 saturated carbocycles. The van der Waals surface area contributed by atoms with Gasteiger partial charge >= 0.3 is 5.97 Å². The van der Waals surface area contributed by atoms with Gasteiger partial charge in [0.05, 0.1) is 13.7 Å². The zero-order valence-electron chi connectivity index (χ0n) is 11.5. The molecule has 1 N–H and O–H groups in total. The van der Waals surface area contributed by atoms with Gasteiger partial charge in [0.1, 0.15) is 17.1 Å². The second-order valence-corrected chi connectivity index (χ2v) is 4.22. The van der Waals surface area contributed by atoms with Crippen LogP contribution in [0.2, 0.25) is 0 Å². The van der Waals surface area contributed by atoms with Gasteiger partial charge in [-0.2, -0.15) is 5.10 Å². The highest BCUT2D eigenvalue weighted by Crippen LogP contribution is 2.14. The predicted molar refractivity (Wildman–Crippen MR) is 74.8 cm³/mol. The molecule has 0 radical (unpaired) electrons. The number of azide groups is 1. The van der Waals surface area contributed by atoms with Crippen molar-refractivity contribution in [2.24, 2.45) is 5.11 Å². The number of benzene rings is 1. The normalized spacial score (nSPS) is 9.86. The van der Waals surface area contributed by atoms with Gasteiger partial charge in [0.2, 0.25) is 0 Å². The molecule has 1 aromatic carbocycles. The second kappa shape index (κ2) is 6.42. The summed E-state index contributed by atoms with van der Waals surface area (Å²) in [7, 11) is 1.54. The molecule has 0 fully saturated rings. The molecule has 2 aromatic rings. The number of hydrogen-bond acceptors (Lipinski definition) is 4. The molecule has 22 heavy (non-hydrogen) atoms. The Morgan fingerprint density at radius 1 is 1.41 bits per heavy atom. The molecule has 0 aliphatic heterocycles. The number of rotatable bonds is 5. The highest BCUT2D eigenvalue weighted by atomic mass is 16.5. The van der Waals surface area contributed by atoms with Crippen LogP contribution in [-0.2, 0) is 6.54 Å². The van der Waals surface area contributed by atoms with Crippen molar-refractivity contribution < 1.29 is 19.4 Å². The first-order chi connectivity index (χ1) is 10.5. The monoisotopic (exact) mass is 301 g/mol. The first-order valence-corrected chi connectivity index (χ1v) is 6.08. The van der Waals surface area contributed by atoms with Crippen LogP contribution in [0.1, 0.15) is 26.5 Å². The van der Waals surface area contributed by atoms with Crippen molar-refractivity contribution in [3.05, 3.63) is 57.7 Å². The molecule has 1 amide bonds. The van der Waals surface area contributed by atoms with E-state index in [1.807, 2.05) is 0 Å². The molecule has 0 bridgehead atoms. The van der Waals surface area contributed by atoms with Gasteiger partial charge in [-0.1, -0.05) is 12.1 Å². The van der Waals surface area contributed by atoms with Gasteiger partial charge in [0, 0.05) is 11.0 Å². The number of carbonyl (C=O) groups excluding carboxylic acids is 1. The van der Waals surface area contributed by atoms with Gasteiger partial charge in [-0.25, -0.2) is 4.79 Å². The Kier molecular flexibility index (Phi) is 4.40. The van der Waals surface area contributed by atoms with Gasteiger partial charge in [-0.15, -0.1) is 0 Å². The number of carboxylic acid groups (broad SMARTS) is 1. The summed E-state index contributed by atoms with van der Waals surface area (Å²) < 4.78 is 6.19. The number of methoxy groups -OCH3 is 1. The predicted octanol–water partition coefficient (Wildman–Crippen LogP) is 2.09. The van der Waals surface area contributed by atoms with Crippen LogP contribution in [0.15, 0.2) is 35.4 Å². The van der Waals surface area contributed by atoms with E-state index in [1.54, 1.807) is 31.4 Å². The van der Waals surface area contributed by atoms with Crippen LogP contribution in [-0.4, -0.2) is 33.9 Å². The van der Waals surface area contributed by atoms with Gasteiger partial charge in [-0.05, 0) is 28.3 Å². The van der Waals surface area contributed by atoms with E-state index in [9.17, 15) is 9.59 Å². The summed E-state index contributed by atoms with van der Waals surface area (Å²) in [5.41, 5.74) is 8.62. The number of amides is 1. The molecule has 9 heteroatoms. The van der Waals surface area contributed by atoms with Crippen molar-refractivity contribution in [2.45, 2.75) is 6.54 Å². The standard InChI is InChI=1S/C13H11N5O4/c1-22-9-4-2-8(3-5-9)7-18-11(13(20)21)6-10(16-18)12(19)15-17-14/h2-6H,7H2,1H3,(H,20,21). The molecule has 1 heterocycles. The second-order valence-electron chi connectivity index (χ2n) is 4.22. The Morgan fingerprint density at radius 3 is 2.64 bits per heavy atom. The summed E-state index contributed by atoms with van der Waals surface area (Å²) >= 11 is 0. The van der Waals surface area contributed by atoms with Crippen molar-refractivity contribution in [1.82, 2.24) is 9.78 Å². The SMILES string of the molecule is COc1ccc(Cn2nc(C(=O)N=[N+]=[N-])cc2C(=O)O)cc1. The molecule has 2 rings (SSSR count). The van der Waals surface area contributed by atoms with Crippen LogP contribution >= 0.6 is 0 Å². The Balaban J connectivity index is 2.33. The Morgan fingerprint density at radius 2 is 2.09 bits per heavy atom. The molecular formula is C13H11N5O4. The van der Waals surface area contributed by atoms with E-state index < -0.39 is 11.9 Å². The van der Waals surface area contributed by atoms with Crippen molar-refractivity contribution in [3.8, 4) is 5.75 Å². The van der Waals surface area contributed by atoms with Gasteiger partial charge in [0.15, 0.2) is 0 Å². The van der Waals surface area contributed by atoms with Crippen LogP contribution < -0.4 is 4.74 Å². The largest absolute Gasteiger partial charge is 0.497 e. The van der Waals surface area contributed by atoms with Crippen LogP contribution in [0.5, 0.6) is 5.75 Å². The van der Waals surface area contributed by atoms with Crippen LogP contribution in [0.4, 0.5) is 0 Å². The first-order valence-electron chi connectivity index (χ1n) is 6.08. The fourth-order valence-corrected chi connectivity index (χ4v) is 1.81. The lowest BCUT2D eigenvalue weighted by Gasteiger charge is -2.05. The summed E-state index contributed by atoms with van der Waals surface area (Å²) in [4.78, 5) is 25.0. The number of aromatic nitrogens is 2. The average molecular weight is 301 g/mol. The molecule has 0 atom stereocenters. The van der Waals surface area contributed by atoms with E-state index in [1.165, 1.54) is 0 Å². The Labute approximate surface area is 124 Å². The summed E-state index contributed by atoms with van der Waals surface area (Å²) in [5, 5.41) is 15.9. The quantitative estimate of drug-likeness (QED) is 0.513. The number of ether oxygens (including phenoxy) is 1. The van der Waals surface area contributed by atoms with Crippen molar-refractivity contribution in [2.75, 3.05) is 7.11 Å². The molecule has 0 aliphatic carbocycles. The van der Waals surface area contributed by atoms with Crippen LogP contribution in [0, 0.1) is 0 Å². The van der Waals surface area contributed by atoms with Crippen molar-refractivity contribution in [1.29, 1.82) is 0 Å². The zero-order chi connectivity index (χ0) is 16.1. The van der Waals surface area contributed by atoms with E-state index in [0.717, 1.165) is 16.3 Å². The van der Waals surface area contributed by atoms with E-state index in [4.69, 9.17) is 15.4 Å². The highest BCUT2D eigenvalue weighted by molar-refractivity contribution is 5.96. The van der Waals surface area contributed by atoms with E-state index >= 15 is 0 Å². The first kappa shape index (κ1) is 15.1. The maximum Gasteiger partial charge on any atom is 0.354 e. The van der Waals surface area contributed by atoms with Gasteiger partial charge in [0.25, 0.3) is 5.91 Å².